The summed E-state index contributed by atoms with van der Waals surface area (Å²) in [6, 6.07) is 0. The first-order valence-electron chi connectivity index (χ1n) is 24.2. The zero-order chi connectivity index (χ0) is 41.9. The molecule has 2 aliphatic carbocycles. The zero-order valence-corrected chi connectivity index (χ0v) is 37.5. The molecule has 16 atom stereocenters. The standard InChI is InChI=1S/C46H76N4O10/c1-29-9-11-35-31(3)37(53-41-45(35)33(29)17-19-43(5,55-41)57-59-45)13-15-39(51)47-21-7-23-49-25-27-50(28-26-49)24-8-22-48-40(52)16-14-38-32(4)36-12-10-30(2)34-18-20-44(6)56-42(54-38)46(34,36)60-58-44/h29-38,41-42H,7-28H2,1-6H3,(H,47,51)(H,48,52)/t29-,30-,31-,32-,33?,34?,35?,36?,37-,38-,41-,42-,43+,44+,45-,46-/m1/s1. The molecule has 0 radical (unpaired) electrons. The monoisotopic (exact) mass is 845 g/mol. The van der Waals surface area contributed by atoms with Crippen LogP contribution in [0, 0.1) is 47.3 Å². The van der Waals surface area contributed by atoms with Crippen molar-refractivity contribution in [2.24, 2.45) is 47.3 Å². The average Bonchev–Trinajstić information content (AvgIpc) is 3.61. The summed E-state index contributed by atoms with van der Waals surface area (Å²) in [5.74, 6) is 1.50. The second-order valence-corrected chi connectivity index (χ2v) is 21.1. The lowest BCUT2D eigenvalue weighted by Gasteiger charge is -2.60. The van der Waals surface area contributed by atoms with Crippen molar-refractivity contribution in [2.45, 2.75) is 179 Å². The van der Waals surface area contributed by atoms with E-state index in [0.717, 1.165) is 90.6 Å². The van der Waals surface area contributed by atoms with E-state index in [-0.39, 0.29) is 47.7 Å². The van der Waals surface area contributed by atoms with E-state index in [1.807, 2.05) is 13.8 Å². The lowest BCUT2D eigenvalue weighted by molar-refractivity contribution is -0.571. The van der Waals surface area contributed by atoms with Gasteiger partial charge in [-0.25, -0.2) is 19.6 Å². The number of hydrogen-bond donors (Lipinski definition) is 2. The number of carbonyl (C=O) groups is 2. The highest BCUT2D eigenvalue weighted by atomic mass is 17.3. The predicted molar refractivity (Wildman–Crippen MR) is 220 cm³/mol. The van der Waals surface area contributed by atoms with E-state index in [9.17, 15) is 9.59 Å². The summed E-state index contributed by atoms with van der Waals surface area (Å²) >= 11 is 0. The normalized spacial score (nSPS) is 47.4. The third-order valence-corrected chi connectivity index (χ3v) is 17.3. The molecule has 2 saturated carbocycles. The van der Waals surface area contributed by atoms with Gasteiger partial charge in [0.25, 0.3) is 0 Å². The van der Waals surface area contributed by atoms with Crippen LogP contribution in [-0.2, 0) is 48.1 Å². The number of fused-ring (bicyclic) bond motifs is 4. The van der Waals surface area contributed by atoms with Crippen LogP contribution in [0.3, 0.4) is 0 Å². The minimum Gasteiger partial charge on any atom is -0.356 e. The van der Waals surface area contributed by atoms with Gasteiger partial charge in [0.05, 0.1) is 12.2 Å². The molecule has 2 N–H and O–H groups in total. The van der Waals surface area contributed by atoms with Gasteiger partial charge in [-0.2, -0.15) is 0 Å². The van der Waals surface area contributed by atoms with Crippen molar-refractivity contribution in [3.05, 3.63) is 0 Å². The van der Waals surface area contributed by atoms with Crippen LogP contribution in [0.4, 0.5) is 0 Å². The van der Waals surface area contributed by atoms with Crippen LogP contribution in [0.25, 0.3) is 0 Å². The largest absolute Gasteiger partial charge is 0.356 e. The van der Waals surface area contributed by atoms with E-state index in [1.165, 1.54) is 12.8 Å². The molecule has 9 heterocycles. The van der Waals surface area contributed by atoms with E-state index in [0.29, 0.717) is 62.4 Å². The average molecular weight is 845 g/mol. The molecular weight excluding hydrogens is 769 g/mol. The van der Waals surface area contributed by atoms with E-state index in [4.69, 9.17) is 38.5 Å². The highest BCUT2D eigenvalue weighted by Gasteiger charge is 2.70. The summed E-state index contributed by atoms with van der Waals surface area (Å²) in [5.41, 5.74) is -1.11. The summed E-state index contributed by atoms with van der Waals surface area (Å²) in [6.45, 7) is 20.6. The zero-order valence-electron chi connectivity index (χ0n) is 37.5. The van der Waals surface area contributed by atoms with Crippen LogP contribution in [0.2, 0.25) is 0 Å². The van der Waals surface area contributed by atoms with Crippen LogP contribution in [0.1, 0.15) is 131 Å². The van der Waals surface area contributed by atoms with E-state index in [2.05, 4.69) is 48.1 Å². The van der Waals surface area contributed by atoms with Gasteiger partial charge in [-0.3, -0.25) is 9.59 Å². The molecule has 4 bridgehead atoms. The van der Waals surface area contributed by atoms with Gasteiger partial charge >= 0.3 is 0 Å². The molecule has 60 heavy (non-hydrogen) atoms. The molecule has 0 aromatic heterocycles. The van der Waals surface area contributed by atoms with E-state index >= 15 is 0 Å². The number of carbonyl (C=O) groups excluding carboxylic acids is 2. The number of amides is 2. The Kier molecular flexibility index (Phi) is 12.8. The Bertz CT molecular complexity index is 1430. The fraction of sp³-hybridized carbons (Fsp3) is 0.957. The smallest absolute Gasteiger partial charge is 0.220 e. The van der Waals surface area contributed by atoms with Crippen molar-refractivity contribution in [3.8, 4) is 0 Å². The Labute approximate surface area is 358 Å². The van der Waals surface area contributed by atoms with E-state index in [1.54, 1.807) is 0 Å². The van der Waals surface area contributed by atoms with Crippen LogP contribution >= 0.6 is 0 Å². The minimum atomic E-state index is -0.780. The fourth-order valence-electron chi connectivity index (χ4n) is 13.6. The molecule has 14 heteroatoms. The highest BCUT2D eigenvalue weighted by molar-refractivity contribution is 5.76. The SMILES string of the molecule is C[C@@H]1CCC2[C@@H](C)[C@@H](CCC(=O)NCCCN3CCN(CCCNC(=O)CC[C@H]4O[C@@H]5O[C@]6(C)CCC7[C@H](C)CCC([C@H]4C)[C@]75OO6)CC3)O[C@@H]3O[C@]4(C)CCC1[C@@]23OO4. The topological polar surface area (TPSA) is 139 Å². The van der Waals surface area contributed by atoms with Gasteiger partial charge in [0.1, 0.15) is 0 Å². The van der Waals surface area contributed by atoms with Crippen molar-refractivity contribution in [3.63, 3.8) is 0 Å². The lowest BCUT2D eigenvalue weighted by atomic mass is 9.57. The summed E-state index contributed by atoms with van der Waals surface area (Å²) in [7, 11) is 0. The Morgan fingerprint density at radius 3 is 1.40 bits per heavy atom. The first kappa shape index (κ1) is 43.8. The molecule has 11 rings (SSSR count). The van der Waals surface area contributed by atoms with Crippen molar-refractivity contribution in [1.82, 2.24) is 20.4 Å². The molecule has 2 spiro atoms. The quantitative estimate of drug-likeness (QED) is 0.165. The van der Waals surface area contributed by atoms with Gasteiger partial charge in [-0.1, -0.05) is 27.7 Å². The maximum atomic E-state index is 13.0. The Morgan fingerprint density at radius 2 is 0.983 bits per heavy atom. The summed E-state index contributed by atoms with van der Waals surface area (Å²) in [6.07, 6.45) is 11.3. The Hall–Kier alpha value is -1.46. The van der Waals surface area contributed by atoms with Gasteiger partial charge in [-0.15, -0.1) is 0 Å². The third-order valence-electron chi connectivity index (χ3n) is 17.3. The number of nitrogens with one attached hydrogen (secondary N) is 2. The highest BCUT2D eigenvalue weighted by Crippen LogP contribution is 2.62. The van der Waals surface area contributed by atoms with Gasteiger partial charge in [0, 0.05) is 76.8 Å². The van der Waals surface area contributed by atoms with Crippen molar-refractivity contribution >= 4 is 11.8 Å². The van der Waals surface area contributed by atoms with Crippen molar-refractivity contribution < 1.29 is 48.1 Å². The predicted octanol–water partition coefficient (Wildman–Crippen LogP) is 5.68. The Morgan fingerprint density at radius 1 is 0.567 bits per heavy atom. The lowest BCUT2D eigenvalue weighted by Crippen LogP contribution is -2.70. The maximum Gasteiger partial charge on any atom is 0.220 e. The molecule has 0 aromatic carbocycles. The van der Waals surface area contributed by atoms with Gasteiger partial charge in [0.15, 0.2) is 23.8 Å². The maximum absolute atomic E-state index is 13.0. The van der Waals surface area contributed by atoms with Gasteiger partial charge < -0.3 is 39.4 Å². The van der Waals surface area contributed by atoms with Crippen LogP contribution in [0.5, 0.6) is 0 Å². The number of ether oxygens (including phenoxy) is 4. The third kappa shape index (κ3) is 8.12. The first-order valence-corrected chi connectivity index (χ1v) is 24.2. The molecule has 11 aliphatic rings. The summed E-state index contributed by atoms with van der Waals surface area (Å²) in [5, 5.41) is 6.34. The fourth-order valence-corrected chi connectivity index (χ4v) is 13.6. The first-order chi connectivity index (χ1) is 28.8. The molecular formula is C46H76N4O10. The Balaban J connectivity index is 0.629. The molecule has 340 valence electrons. The number of rotatable bonds is 14. The number of nitrogens with zero attached hydrogens (tertiary/aromatic N) is 2. The molecule has 9 aliphatic heterocycles. The van der Waals surface area contributed by atoms with Gasteiger partial charge in [-0.05, 0) is 127 Å². The van der Waals surface area contributed by atoms with Gasteiger partial charge in [0.2, 0.25) is 23.4 Å². The second-order valence-electron chi connectivity index (χ2n) is 21.1. The van der Waals surface area contributed by atoms with E-state index < -0.39 is 35.4 Å². The molecule has 9 saturated heterocycles. The molecule has 0 aromatic rings. The molecule has 2 amide bonds. The van der Waals surface area contributed by atoms with Crippen LogP contribution in [0.15, 0.2) is 0 Å². The number of hydrogen-bond acceptors (Lipinski definition) is 12. The van der Waals surface area contributed by atoms with Crippen molar-refractivity contribution in [2.75, 3.05) is 52.4 Å². The second kappa shape index (κ2) is 17.5. The van der Waals surface area contributed by atoms with Crippen LogP contribution in [-0.4, -0.2) is 122 Å². The van der Waals surface area contributed by atoms with Crippen LogP contribution < -0.4 is 10.6 Å². The summed E-state index contributed by atoms with van der Waals surface area (Å²) < 4.78 is 26.4. The summed E-state index contributed by atoms with van der Waals surface area (Å²) in [4.78, 5) is 55.4. The number of piperazine rings is 1. The molecule has 4 unspecified atom stereocenters. The molecule has 14 nitrogen and oxygen atoms in total. The van der Waals surface area contributed by atoms with Crippen molar-refractivity contribution in [1.29, 1.82) is 0 Å². The minimum absolute atomic E-state index is 0.0458. The molecule has 11 fully saturated rings.